The molecular formula is C18H24FN3O3. The molecule has 7 heteroatoms. The number of carbonyl (C=O) groups excluding carboxylic acids is 1. The molecule has 0 bridgehead atoms. The number of ether oxygens (including phenoxy) is 1. The summed E-state index contributed by atoms with van der Waals surface area (Å²) in [5, 5.41) is 9.50. The topological polar surface area (TPSA) is 76.4 Å². The average Bonchev–Trinajstić information content (AvgIpc) is 2.85. The summed E-state index contributed by atoms with van der Waals surface area (Å²) in [4.78, 5) is 12.2. The maximum absolute atomic E-state index is 14.1. The predicted octanol–water partition coefficient (Wildman–Crippen LogP) is 3.43. The monoisotopic (exact) mass is 349 g/mol. The number of nitrogens with zero attached hydrogens (tertiary/aromatic N) is 1. The molecule has 2 atom stereocenters. The Morgan fingerprint density at radius 3 is 2.64 bits per heavy atom. The van der Waals surface area contributed by atoms with Gasteiger partial charge in [0.05, 0.1) is 24.4 Å². The molecular weight excluding hydrogens is 325 g/mol. The van der Waals surface area contributed by atoms with Crippen molar-refractivity contribution >= 4 is 6.03 Å². The second kappa shape index (κ2) is 8.00. The molecule has 0 spiro atoms. The van der Waals surface area contributed by atoms with Gasteiger partial charge >= 0.3 is 6.03 Å². The molecule has 0 saturated heterocycles. The maximum Gasteiger partial charge on any atom is 0.315 e. The quantitative estimate of drug-likeness (QED) is 0.838. The molecule has 2 N–H and O–H groups in total. The molecule has 0 radical (unpaired) electrons. The number of carbonyl (C=O) groups is 1. The van der Waals surface area contributed by atoms with Gasteiger partial charge in [-0.05, 0) is 46.2 Å². The summed E-state index contributed by atoms with van der Waals surface area (Å²) in [6, 6.07) is 3.52. The van der Waals surface area contributed by atoms with Crippen molar-refractivity contribution in [3.63, 3.8) is 0 Å². The van der Waals surface area contributed by atoms with Gasteiger partial charge in [0.25, 0.3) is 0 Å². The molecule has 0 aliphatic heterocycles. The van der Waals surface area contributed by atoms with Crippen LogP contribution in [-0.2, 0) is 6.42 Å². The van der Waals surface area contributed by atoms with Crippen LogP contribution in [0.4, 0.5) is 9.18 Å². The number of urea groups is 1. The Hall–Kier alpha value is -2.57. The number of rotatable bonds is 6. The highest BCUT2D eigenvalue weighted by Gasteiger charge is 2.20. The van der Waals surface area contributed by atoms with Crippen LogP contribution in [0.15, 0.2) is 22.7 Å². The van der Waals surface area contributed by atoms with E-state index < -0.39 is 11.9 Å². The molecule has 2 rings (SSSR count). The van der Waals surface area contributed by atoms with Gasteiger partial charge in [0.2, 0.25) is 0 Å². The number of hydrogen-bond donors (Lipinski definition) is 2. The summed E-state index contributed by atoms with van der Waals surface area (Å²) in [6.45, 7) is 7.30. The van der Waals surface area contributed by atoms with Crippen LogP contribution < -0.4 is 15.4 Å². The predicted molar refractivity (Wildman–Crippen MR) is 92.2 cm³/mol. The maximum atomic E-state index is 14.1. The highest BCUT2D eigenvalue weighted by atomic mass is 19.1. The van der Waals surface area contributed by atoms with Gasteiger partial charge in [0, 0.05) is 11.6 Å². The van der Waals surface area contributed by atoms with Crippen LogP contribution in [0.2, 0.25) is 0 Å². The third-order valence-corrected chi connectivity index (χ3v) is 4.08. The van der Waals surface area contributed by atoms with Gasteiger partial charge in [-0.25, -0.2) is 9.18 Å². The fourth-order valence-corrected chi connectivity index (χ4v) is 2.80. The normalized spacial score (nSPS) is 13.2. The Morgan fingerprint density at radius 1 is 1.32 bits per heavy atom. The minimum absolute atomic E-state index is 0.133. The van der Waals surface area contributed by atoms with Crippen molar-refractivity contribution in [3.8, 4) is 5.75 Å². The zero-order chi connectivity index (χ0) is 18.6. The number of halogens is 1. The van der Waals surface area contributed by atoms with E-state index in [1.807, 2.05) is 20.8 Å². The van der Waals surface area contributed by atoms with Crippen LogP contribution in [0.25, 0.3) is 0 Å². The first-order valence-corrected chi connectivity index (χ1v) is 8.14. The van der Waals surface area contributed by atoms with Crippen molar-refractivity contribution in [2.45, 2.75) is 46.2 Å². The van der Waals surface area contributed by atoms with Gasteiger partial charge < -0.3 is 19.9 Å². The molecule has 0 aliphatic carbocycles. The highest BCUT2D eigenvalue weighted by molar-refractivity contribution is 5.75. The number of amides is 2. The van der Waals surface area contributed by atoms with Crippen molar-refractivity contribution in [1.29, 1.82) is 0 Å². The fraction of sp³-hybridized carbons (Fsp3) is 0.444. The number of aromatic nitrogens is 1. The second-order valence-corrected chi connectivity index (χ2v) is 6.10. The van der Waals surface area contributed by atoms with Crippen LogP contribution in [0.1, 0.15) is 42.5 Å². The third kappa shape index (κ3) is 4.49. The lowest BCUT2D eigenvalue weighted by Crippen LogP contribution is -2.42. The lowest BCUT2D eigenvalue weighted by Gasteiger charge is -2.20. The number of methoxy groups -OCH3 is 1. The standard InChI is InChI=1S/C18H24FN3O3/c1-10(9-14-11(2)22-25-13(14)4)20-18(23)21-12(3)17-15(19)7-6-8-16(17)24-5/h6-8,10,12H,9H2,1-5H3,(H2,20,21,23)/t10-,12-/m1/s1. The molecule has 1 aromatic heterocycles. The van der Waals surface area contributed by atoms with Gasteiger partial charge in [-0.1, -0.05) is 11.2 Å². The van der Waals surface area contributed by atoms with E-state index in [2.05, 4.69) is 15.8 Å². The van der Waals surface area contributed by atoms with Crippen LogP contribution in [-0.4, -0.2) is 24.3 Å². The minimum Gasteiger partial charge on any atom is -0.496 e. The molecule has 136 valence electrons. The third-order valence-electron chi connectivity index (χ3n) is 4.08. The zero-order valence-electron chi connectivity index (χ0n) is 15.1. The Morgan fingerprint density at radius 2 is 2.04 bits per heavy atom. The SMILES string of the molecule is COc1cccc(F)c1[C@@H](C)NC(=O)N[C@H](C)Cc1c(C)noc1C. The Kier molecular flexibility index (Phi) is 6.01. The van der Waals surface area contributed by atoms with E-state index in [-0.39, 0.29) is 12.1 Å². The van der Waals surface area contributed by atoms with Crippen LogP contribution in [0.5, 0.6) is 5.75 Å². The van der Waals surface area contributed by atoms with Crippen molar-refractivity contribution in [3.05, 3.63) is 46.6 Å². The van der Waals surface area contributed by atoms with E-state index in [1.54, 1.807) is 19.1 Å². The number of nitrogens with one attached hydrogen (secondary N) is 2. The average molecular weight is 349 g/mol. The molecule has 0 aliphatic rings. The highest BCUT2D eigenvalue weighted by Crippen LogP contribution is 2.27. The van der Waals surface area contributed by atoms with Crippen LogP contribution in [0, 0.1) is 19.7 Å². The molecule has 1 aromatic carbocycles. The molecule has 1 heterocycles. The lowest BCUT2D eigenvalue weighted by atomic mass is 10.1. The molecule has 0 unspecified atom stereocenters. The van der Waals surface area contributed by atoms with E-state index in [0.29, 0.717) is 17.7 Å². The van der Waals surface area contributed by atoms with Crippen LogP contribution >= 0.6 is 0 Å². The summed E-state index contributed by atoms with van der Waals surface area (Å²) in [7, 11) is 1.47. The molecule has 0 fully saturated rings. The van der Waals surface area contributed by atoms with Crippen molar-refractivity contribution in [2.24, 2.45) is 0 Å². The van der Waals surface area contributed by atoms with Gasteiger partial charge in [-0.2, -0.15) is 0 Å². The van der Waals surface area contributed by atoms with Gasteiger partial charge in [-0.15, -0.1) is 0 Å². The first kappa shape index (κ1) is 18.8. The van der Waals surface area contributed by atoms with E-state index in [1.165, 1.54) is 13.2 Å². The summed E-state index contributed by atoms with van der Waals surface area (Å²) >= 11 is 0. The summed E-state index contributed by atoms with van der Waals surface area (Å²) < 4.78 is 24.4. The van der Waals surface area contributed by atoms with Crippen molar-refractivity contribution < 1.29 is 18.4 Å². The van der Waals surface area contributed by atoms with Gasteiger partial charge in [0.1, 0.15) is 17.3 Å². The Labute approximate surface area is 146 Å². The molecule has 0 saturated carbocycles. The lowest BCUT2D eigenvalue weighted by molar-refractivity contribution is 0.234. The number of benzene rings is 1. The van der Waals surface area contributed by atoms with E-state index >= 15 is 0 Å². The van der Waals surface area contributed by atoms with E-state index in [0.717, 1.165) is 17.0 Å². The first-order chi connectivity index (χ1) is 11.8. The summed E-state index contributed by atoms with van der Waals surface area (Å²) in [5.41, 5.74) is 2.12. The van der Waals surface area contributed by atoms with Crippen molar-refractivity contribution in [1.82, 2.24) is 15.8 Å². The van der Waals surface area contributed by atoms with Crippen molar-refractivity contribution in [2.75, 3.05) is 7.11 Å². The molecule has 2 amide bonds. The number of hydrogen-bond acceptors (Lipinski definition) is 4. The zero-order valence-corrected chi connectivity index (χ0v) is 15.1. The largest absolute Gasteiger partial charge is 0.496 e. The molecule has 6 nitrogen and oxygen atoms in total. The second-order valence-electron chi connectivity index (χ2n) is 6.10. The Balaban J connectivity index is 1.98. The Bertz CT molecular complexity index is 726. The first-order valence-electron chi connectivity index (χ1n) is 8.14. The molecule has 25 heavy (non-hydrogen) atoms. The van der Waals surface area contributed by atoms with Gasteiger partial charge in [0.15, 0.2) is 0 Å². The van der Waals surface area contributed by atoms with E-state index in [4.69, 9.17) is 9.26 Å². The van der Waals surface area contributed by atoms with Crippen LogP contribution in [0.3, 0.4) is 0 Å². The summed E-state index contributed by atoms with van der Waals surface area (Å²) in [6.07, 6.45) is 0.603. The minimum atomic E-state index is -0.539. The van der Waals surface area contributed by atoms with E-state index in [9.17, 15) is 9.18 Å². The van der Waals surface area contributed by atoms with Gasteiger partial charge in [-0.3, -0.25) is 0 Å². The fourth-order valence-electron chi connectivity index (χ4n) is 2.80. The number of aryl methyl sites for hydroxylation is 2. The molecule has 2 aromatic rings. The smallest absolute Gasteiger partial charge is 0.315 e. The summed E-state index contributed by atoms with van der Waals surface area (Å²) in [5.74, 6) is 0.725.